The summed E-state index contributed by atoms with van der Waals surface area (Å²) in [5.41, 5.74) is 3.10. The molecule has 0 unspecified atom stereocenters. The van der Waals surface area contributed by atoms with Crippen LogP contribution in [0, 0.1) is 11.3 Å². The number of hydrogen-bond donors (Lipinski definition) is 1. The van der Waals surface area contributed by atoms with Crippen LogP contribution in [0.15, 0.2) is 48.5 Å². The fourth-order valence-electron chi connectivity index (χ4n) is 2.19. The first-order valence-corrected chi connectivity index (χ1v) is 7.45. The quantitative estimate of drug-likeness (QED) is 0.863. The Balaban J connectivity index is 1.80. The van der Waals surface area contributed by atoms with Gasteiger partial charge in [-0.15, -0.1) is 0 Å². The van der Waals surface area contributed by atoms with Gasteiger partial charge in [0.25, 0.3) is 0 Å². The molecule has 114 valence electrons. The average Bonchev–Trinajstić information content (AvgIpc) is 2.56. The van der Waals surface area contributed by atoms with Gasteiger partial charge in [-0.25, -0.2) is 4.79 Å². The number of urea groups is 1. The van der Waals surface area contributed by atoms with Crippen LogP contribution in [0.3, 0.4) is 0 Å². The maximum Gasteiger partial charge on any atom is 0.321 e. The summed E-state index contributed by atoms with van der Waals surface area (Å²) in [6, 6.07) is 16.5. The van der Waals surface area contributed by atoms with Crippen LogP contribution in [0.4, 0.5) is 10.5 Å². The third-order valence-electron chi connectivity index (χ3n) is 3.53. The van der Waals surface area contributed by atoms with E-state index in [1.165, 1.54) is 5.56 Å². The number of carbonyl (C=O) groups is 1. The molecule has 4 nitrogen and oxygen atoms in total. The van der Waals surface area contributed by atoms with E-state index in [1.54, 1.807) is 36.2 Å². The Hall–Kier alpha value is -2.74. The second kappa shape index (κ2) is 8.04. The van der Waals surface area contributed by atoms with Gasteiger partial charge in [0.05, 0.1) is 11.6 Å². The Morgan fingerprint density at radius 3 is 2.70 bits per heavy atom. The van der Waals surface area contributed by atoms with Crippen LogP contribution in [0.25, 0.3) is 0 Å². The van der Waals surface area contributed by atoms with Gasteiger partial charge in [0.15, 0.2) is 0 Å². The first-order valence-electron chi connectivity index (χ1n) is 7.45. The van der Waals surface area contributed by atoms with Crippen molar-refractivity contribution in [2.24, 2.45) is 0 Å². The second-order valence-corrected chi connectivity index (χ2v) is 5.39. The van der Waals surface area contributed by atoms with Gasteiger partial charge in [0.1, 0.15) is 7.85 Å². The van der Waals surface area contributed by atoms with Crippen molar-refractivity contribution in [3.63, 3.8) is 0 Å². The summed E-state index contributed by atoms with van der Waals surface area (Å²) in [4.78, 5) is 13.7. The molecule has 1 N–H and O–H groups in total. The predicted molar refractivity (Wildman–Crippen MR) is 93.0 cm³/mol. The first-order chi connectivity index (χ1) is 11.1. The largest absolute Gasteiger partial charge is 0.328 e. The number of carbonyl (C=O) groups excluding carboxylic acids is 1. The molecule has 0 atom stereocenters. The number of nitriles is 1. The topological polar surface area (TPSA) is 56.1 Å². The van der Waals surface area contributed by atoms with Gasteiger partial charge in [-0.2, -0.15) is 5.26 Å². The van der Waals surface area contributed by atoms with Gasteiger partial charge in [-0.05, 0) is 36.6 Å². The van der Waals surface area contributed by atoms with E-state index in [0.717, 1.165) is 18.3 Å². The third-order valence-corrected chi connectivity index (χ3v) is 3.53. The van der Waals surface area contributed by atoms with E-state index < -0.39 is 0 Å². The lowest BCUT2D eigenvalue weighted by atomic mass is 9.94. The molecule has 0 saturated carbocycles. The molecule has 2 rings (SSSR count). The smallest absolute Gasteiger partial charge is 0.321 e. The molecule has 23 heavy (non-hydrogen) atoms. The van der Waals surface area contributed by atoms with Gasteiger partial charge < -0.3 is 10.2 Å². The van der Waals surface area contributed by atoms with Crippen molar-refractivity contribution < 1.29 is 4.79 Å². The fraction of sp³-hybridized carbons (Fsp3) is 0.222. The van der Waals surface area contributed by atoms with Gasteiger partial charge in [-0.1, -0.05) is 35.8 Å². The minimum absolute atomic E-state index is 0.183. The minimum Gasteiger partial charge on any atom is -0.328 e. The highest BCUT2D eigenvalue weighted by Gasteiger charge is 2.08. The summed E-state index contributed by atoms with van der Waals surface area (Å²) in [6.07, 6.45) is 1.76. The number of aryl methyl sites for hydroxylation is 1. The lowest BCUT2D eigenvalue weighted by Crippen LogP contribution is -2.32. The van der Waals surface area contributed by atoms with Crippen LogP contribution in [-0.2, 0) is 6.42 Å². The van der Waals surface area contributed by atoms with Crippen LogP contribution in [-0.4, -0.2) is 32.4 Å². The number of anilines is 1. The summed E-state index contributed by atoms with van der Waals surface area (Å²) in [5, 5.41) is 11.7. The molecule has 5 heteroatoms. The van der Waals surface area contributed by atoms with Crippen molar-refractivity contribution >= 4 is 25.0 Å². The number of nitrogens with zero attached hydrogens (tertiary/aromatic N) is 2. The van der Waals surface area contributed by atoms with Crippen molar-refractivity contribution in [3.8, 4) is 6.07 Å². The van der Waals surface area contributed by atoms with E-state index in [4.69, 9.17) is 13.1 Å². The lowest BCUT2D eigenvalue weighted by Gasteiger charge is -2.18. The monoisotopic (exact) mass is 303 g/mol. The fourth-order valence-corrected chi connectivity index (χ4v) is 2.19. The van der Waals surface area contributed by atoms with Gasteiger partial charge in [0, 0.05) is 19.3 Å². The third kappa shape index (κ3) is 5.19. The Morgan fingerprint density at radius 1 is 1.26 bits per heavy atom. The Kier molecular flexibility index (Phi) is 5.82. The second-order valence-electron chi connectivity index (χ2n) is 5.39. The predicted octanol–water partition coefficient (Wildman–Crippen LogP) is 2.45. The molecule has 0 fully saturated rings. The molecule has 2 amide bonds. The van der Waals surface area contributed by atoms with E-state index in [1.807, 2.05) is 24.3 Å². The van der Waals surface area contributed by atoms with Gasteiger partial charge in [0.2, 0.25) is 0 Å². The highest BCUT2D eigenvalue weighted by molar-refractivity contribution is 6.32. The van der Waals surface area contributed by atoms with Crippen LogP contribution >= 0.6 is 0 Å². The Labute approximate surface area is 138 Å². The number of benzene rings is 2. The highest BCUT2D eigenvalue weighted by atomic mass is 16.2. The number of hydrogen-bond acceptors (Lipinski definition) is 2. The van der Waals surface area contributed by atoms with Crippen LogP contribution in [0.2, 0.25) is 0 Å². The summed E-state index contributed by atoms with van der Waals surface area (Å²) < 4.78 is 0. The number of rotatable bonds is 5. The number of nitrogens with one attached hydrogen (secondary N) is 1. The molecule has 0 bridgehead atoms. The maximum absolute atomic E-state index is 12.1. The zero-order valence-electron chi connectivity index (χ0n) is 13.1. The molecule has 2 radical (unpaired) electrons. The number of amides is 2. The Bertz CT molecular complexity index is 707. The normalized spacial score (nSPS) is 9.91. The van der Waals surface area contributed by atoms with Crippen LogP contribution < -0.4 is 10.8 Å². The zero-order valence-corrected chi connectivity index (χ0v) is 13.1. The zero-order chi connectivity index (χ0) is 16.7. The van der Waals surface area contributed by atoms with Crippen molar-refractivity contribution in [3.05, 3.63) is 59.7 Å². The van der Waals surface area contributed by atoms with Crippen molar-refractivity contribution in [2.45, 2.75) is 12.8 Å². The molecule has 0 aliphatic rings. The van der Waals surface area contributed by atoms with Crippen LogP contribution in [0.1, 0.15) is 17.5 Å². The van der Waals surface area contributed by atoms with Crippen molar-refractivity contribution in [1.82, 2.24) is 4.90 Å². The molecule has 2 aromatic carbocycles. The summed E-state index contributed by atoms with van der Waals surface area (Å²) >= 11 is 0. The highest BCUT2D eigenvalue weighted by Crippen LogP contribution is 2.10. The van der Waals surface area contributed by atoms with Gasteiger partial charge >= 0.3 is 6.03 Å². The summed E-state index contributed by atoms with van der Waals surface area (Å²) in [5.74, 6) is 0. The molecular formula is C18H18BN3O. The average molecular weight is 303 g/mol. The van der Waals surface area contributed by atoms with E-state index in [9.17, 15) is 4.79 Å². The Morgan fingerprint density at radius 2 is 2.00 bits per heavy atom. The summed E-state index contributed by atoms with van der Waals surface area (Å²) in [6.45, 7) is 0.647. The summed E-state index contributed by atoms with van der Waals surface area (Å²) in [7, 11) is 7.41. The van der Waals surface area contributed by atoms with E-state index in [0.29, 0.717) is 17.8 Å². The molecular weight excluding hydrogens is 285 g/mol. The molecule has 0 saturated heterocycles. The molecule has 0 aliphatic carbocycles. The first kappa shape index (κ1) is 16.6. The molecule has 0 aromatic heterocycles. The maximum atomic E-state index is 12.1. The molecule has 2 aromatic rings. The minimum atomic E-state index is -0.183. The van der Waals surface area contributed by atoms with E-state index in [-0.39, 0.29) is 6.03 Å². The van der Waals surface area contributed by atoms with Crippen molar-refractivity contribution in [1.29, 1.82) is 5.26 Å². The standard InChI is InChI=1S/C18H18BN3O/c1-22(11-3-5-14-7-9-16(19)10-8-14)18(23)21-17-6-2-4-15(12-17)13-20/h2,4,6-10,12H,3,5,11H2,1H3,(H,21,23). The van der Waals surface area contributed by atoms with Gasteiger partial charge in [-0.3, -0.25) is 0 Å². The molecule has 0 aliphatic heterocycles. The molecule has 0 spiro atoms. The van der Waals surface area contributed by atoms with E-state index >= 15 is 0 Å². The van der Waals surface area contributed by atoms with Crippen molar-refractivity contribution in [2.75, 3.05) is 18.9 Å². The lowest BCUT2D eigenvalue weighted by molar-refractivity contribution is 0.222. The van der Waals surface area contributed by atoms with Crippen LogP contribution in [0.5, 0.6) is 0 Å². The molecule has 0 heterocycles. The van der Waals surface area contributed by atoms with E-state index in [2.05, 4.69) is 11.4 Å². The SMILES string of the molecule is [B]c1ccc(CCCN(C)C(=O)Nc2cccc(C#N)c2)cc1.